The molecule has 0 N–H and O–H groups in total. The molecule has 8 nitrogen and oxygen atoms in total. The molecule has 0 saturated heterocycles. The minimum atomic E-state index is -2.26. The second-order valence-corrected chi connectivity index (χ2v) is 33.1. The van der Waals surface area contributed by atoms with Gasteiger partial charge in [0.25, 0.3) is 11.9 Å². The average molecular weight is 677 g/mol. The molecule has 0 heterocycles. The lowest BCUT2D eigenvalue weighted by atomic mass is 9.52. The van der Waals surface area contributed by atoms with Gasteiger partial charge in [-0.05, 0) is 114 Å². The maximum absolute atomic E-state index is 14.0. The Bertz CT molecular complexity index is 1240. The molecule has 0 aromatic heterocycles. The number of ether oxygens (including phenoxy) is 2. The number of benzene rings is 2. The van der Waals surface area contributed by atoms with E-state index in [0.717, 1.165) is 11.1 Å². The molecule has 2 aromatic carbocycles. The summed E-state index contributed by atoms with van der Waals surface area (Å²) < 4.78 is 36.3. The third-order valence-electron chi connectivity index (χ3n) is 6.88. The van der Waals surface area contributed by atoms with Crippen molar-refractivity contribution in [2.24, 2.45) is 11.8 Å². The second-order valence-electron chi connectivity index (χ2n) is 15.4. The first-order valence-electron chi connectivity index (χ1n) is 15.2. The molecule has 0 radical (unpaired) electrons. The van der Waals surface area contributed by atoms with Gasteiger partial charge in [0.05, 0.1) is 26.1 Å². The number of rotatable bonds is 12. The topological polar surface area (TPSA) is 89.5 Å². The Balaban J connectivity index is 2.21. The van der Waals surface area contributed by atoms with E-state index in [1.165, 1.54) is 0 Å². The van der Waals surface area contributed by atoms with Crippen LogP contribution in [0.1, 0.15) is 23.0 Å². The summed E-state index contributed by atoms with van der Waals surface area (Å²) >= 11 is 0. The highest BCUT2D eigenvalue weighted by molar-refractivity contribution is 6.72. The zero-order valence-electron chi connectivity index (χ0n) is 29.0. The standard InChI is InChI=1S/C32H52O8Si4/c1-35-25-19-21(15-17-23(25)37-41(3,4)5)27-29(31(33)39-43(9,10)11)28(30(27)32(34)40-44(12,13)14)22-16-18-24(26(20-22)36-2)38-42(6,7)8/h15-20,27-30H,1-14H3. The lowest BCUT2D eigenvalue weighted by Crippen LogP contribution is -2.54. The van der Waals surface area contributed by atoms with Gasteiger partial charge in [0.1, 0.15) is 11.5 Å². The summed E-state index contributed by atoms with van der Waals surface area (Å²) in [7, 11) is -5.17. The summed E-state index contributed by atoms with van der Waals surface area (Å²) in [6, 6.07) is 11.4. The largest absolute Gasteiger partial charge is 0.542 e. The number of methoxy groups -OCH3 is 2. The molecular formula is C32H52O8Si4. The Morgan fingerprint density at radius 2 is 0.818 bits per heavy atom. The smallest absolute Gasteiger partial charge is 0.296 e. The maximum atomic E-state index is 14.0. The number of hydrogen-bond donors (Lipinski definition) is 0. The third kappa shape index (κ3) is 9.24. The van der Waals surface area contributed by atoms with Crippen molar-refractivity contribution in [2.75, 3.05) is 14.2 Å². The molecule has 44 heavy (non-hydrogen) atoms. The quantitative estimate of drug-likeness (QED) is 0.209. The van der Waals surface area contributed by atoms with E-state index in [4.69, 9.17) is 27.2 Å². The van der Waals surface area contributed by atoms with Crippen LogP contribution in [0.25, 0.3) is 0 Å². The average Bonchev–Trinajstić information content (AvgIpc) is 2.80. The van der Waals surface area contributed by atoms with Crippen LogP contribution in [-0.4, -0.2) is 59.4 Å². The highest BCUT2D eigenvalue weighted by Crippen LogP contribution is 2.60. The molecule has 0 unspecified atom stereocenters. The minimum absolute atomic E-state index is 0.306. The van der Waals surface area contributed by atoms with Crippen molar-refractivity contribution in [1.82, 2.24) is 0 Å². The van der Waals surface area contributed by atoms with Crippen LogP contribution >= 0.6 is 0 Å². The van der Waals surface area contributed by atoms with Crippen molar-refractivity contribution in [3.8, 4) is 23.0 Å². The fourth-order valence-corrected chi connectivity index (χ4v) is 8.65. The van der Waals surface area contributed by atoms with Crippen LogP contribution in [0.2, 0.25) is 78.6 Å². The highest BCUT2D eigenvalue weighted by Gasteiger charge is 2.60. The van der Waals surface area contributed by atoms with Crippen LogP contribution in [0.3, 0.4) is 0 Å². The molecule has 0 spiro atoms. The van der Waals surface area contributed by atoms with Crippen molar-refractivity contribution in [1.29, 1.82) is 0 Å². The van der Waals surface area contributed by atoms with E-state index in [2.05, 4.69) is 39.3 Å². The number of carbonyl (C=O) groups is 2. The van der Waals surface area contributed by atoms with E-state index in [0.29, 0.717) is 23.0 Å². The van der Waals surface area contributed by atoms with Gasteiger partial charge in [-0.3, -0.25) is 9.59 Å². The van der Waals surface area contributed by atoms with Crippen LogP contribution in [0.5, 0.6) is 23.0 Å². The lowest BCUT2D eigenvalue weighted by molar-refractivity contribution is -0.157. The molecule has 3 rings (SSSR count). The molecule has 1 aliphatic carbocycles. The van der Waals surface area contributed by atoms with E-state index >= 15 is 0 Å². The monoisotopic (exact) mass is 676 g/mol. The SMILES string of the molecule is COc1cc(C2C(C(=O)O[Si](C)(C)C)C(c3ccc(O[Si](C)(C)C)c(OC)c3)C2C(=O)O[Si](C)(C)C)ccc1O[Si](C)(C)C. The summed E-state index contributed by atoms with van der Waals surface area (Å²) in [6.45, 7) is 24.6. The zero-order valence-corrected chi connectivity index (χ0v) is 33.0. The van der Waals surface area contributed by atoms with Gasteiger partial charge in [0.15, 0.2) is 11.5 Å². The molecule has 1 fully saturated rings. The predicted octanol–water partition coefficient (Wildman–Crippen LogP) is 8.00. The van der Waals surface area contributed by atoms with Gasteiger partial charge in [-0.2, -0.15) is 0 Å². The maximum Gasteiger partial charge on any atom is 0.296 e. The first kappa shape index (κ1) is 35.9. The van der Waals surface area contributed by atoms with E-state index in [-0.39, 0.29) is 11.9 Å². The molecule has 244 valence electrons. The molecule has 2 aromatic rings. The Morgan fingerprint density at radius 1 is 0.500 bits per heavy atom. The highest BCUT2D eigenvalue weighted by atomic mass is 28.4. The van der Waals surface area contributed by atoms with Gasteiger partial charge in [0, 0.05) is 11.8 Å². The summed E-state index contributed by atoms with van der Waals surface area (Å²) in [4.78, 5) is 28.1. The van der Waals surface area contributed by atoms with Crippen LogP contribution in [0.4, 0.5) is 0 Å². The lowest BCUT2D eigenvalue weighted by Gasteiger charge is -2.51. The molecule has 0 aliphatic heterocycles. The van der Waals surface area contributed by atoms with Gasteiger partial charge >= 0.3 is 0 Å². The van der Waals surface area contributed by atoms with E-state index in [1.807, 2.05) is 75.7 Å². The van der Waals surface area contributed by atoms with Crippen molar-refractivity contribution >= 4 is 45.2 Å². The van der Waals surface area contributed by atoms with Gasteiger partial charge in [0.2, 0.25) is 33.3 Å². The Morgan fingerprint density at radius 3 is 1.07 bits per heavy atom. The second kappa shape index (κ2) is 13.1. The third-order valence-corrected chi connectivity index (χ3v) is 10.2. The van der Waals surface area contributed by atoms with Crippen LogP contribution < -0.4 is 18.3 Å². The molecule has 0 atom stereocenters. The Hall–Kier alpha value is -2.55. The Labute approximate surface area is 268 Å². The predicted molar refractivity (Wildman–Crippen MR) is 185 cm³/mol. The van der Waals surface area contributed by atoms with Crippen LogP contribution in [0.15, 0.2) is 36.4 Å². The molecule has 1 aliphatic rings. The molecular weight excluding hydrogens is 625 g/mol. The molecule has 12 heteroatoms. The first-order chi connectivity index (χ1) is 20.0. The molecule has 1 saturated carbocycles. The van der Waals surface area contributed by atoms with Gasteiger partial charge < -0.3 is 27.2 Å². The first-order valence-corrected chi connectivity index (χ1v) is 28.9. The van der Waals surface area contributed by atoms with Crippen molar-refractivity contribution in [2.45, 2.75) is 90.4 Å². The van der Waals surface area contributed by atoms with Crippen LogP contribution in [0, 0.1) is 11.8 Å². The summed E-state index contributed by atoms with van der Waals surface area (Å²) in [5.74, 6) is -0.385. The fraction of sp³-hybridized carbons (Fsp3) is 0.562. The summed E-state index contributed by atoms with van der Waals surface area (Å²) in [6.07, 6.45) is 0. The molecule has 0 amide bonds. The zero-order chi connectivity index (χ0) is 33.4. The Kier molecular flexibility index (Phi) is 10.7. The van der Waals surface area contributed by atoms with Gasteiger partial charge in [-0.1, -0.05) is 12.1 Å². The number of hydrogen-bond acceptors (Lipinski definition) is 8. The van der Waals surface area contributed by atoms with Crippen molar-refractivity contribution in [3.63, 3.8) is 0 Å². The van der Waals surface area contributed by atoms with E-state index in [1.54, 1.807) is 14.2 Å². The molecule has 0 bridgehead atoms. The van der Waals surface area contributed by atoms with E-state index < -0.39 is 56.9 Å². The fourth-order valence-electron chi connectivity index (χ4n) is 5.51. The van der Waals surface area contributed by atoms with Crippen LogP contribution in [-0.2, 0) is 18.4 Å². The van der Waals surface area contributed by atoms with Crippen molar-refractivity contribution < 1.29 is 36.8 Å². The number of carbonyl (C=O) groups excluding carboxylic acids is 2. The van der Waals surface area contributed by atoms with Crippen molar-refractivity contribution in [3.05, 3.63) is 47.5 Å². The summed E-state index contributed by atoms with van der Waals surface area (Å²) in [5, 5.41) is 0. The van der Waals surface area contributed by atoms with Gasteiger partial charge in [-0.15, -0.1) is 0 Å². The normalized spacial score (nSPS) is 20.7. The summed E-state index contributed by atoms with van der Waals surface area (Å²) in [5.41, 5.74) is 1.61. The minimum Gasteiger partial charge on any atom is -0.542 e. The van der Waals surface area contributed by atoms with Gasteiger partial charge in [-0.25, -0.2) is 0 Å². The van der Waals surface area contributed by atoms with E-state index in [9.17, 15) is 9.59 Å².